The Morgan fingerprint density at radius 1 is 0.794 bits per heavy atom. The van der Waals surface area contributed by atoms with Crippen molar-refractivity contribution >= 4 is 46.8 Å². The maximum Gasteiger partial charge on any atom is 0.269 e. The maximum absolute atomic E-state index is 12.4. The van der Waals surface area contributed by atoms with Crippen molar-refractivity contribution in [3.63, 3.8) is 0 Å². The van der Waals surface area contributed by atoms with Crippen molar-refractivity contribution in [2.45, 2.75) is 13.8 Å². The second-order valence-electron chi connectivity index (χ2n) is 7.49. The van der Waals surface area contributed by atoms with Gasteiger partial charge in [-0.25, -0.2) is 0 Å². The molecule has 3 aromatic rings. The lowest BCUT2D eigenvalue weighted by molar-refractivity contribution is -0.115. The first-order valence-electron chi connectivity index (χ1n) is 10.4. The van der Waals surface area contributed by atoms with Crippen LogP contribution in [-0.4, -0.2) is 22.8 Å². The van der Waals surface area contributed by atoms with Crippen molar-refractivity contribution in [1.29, 1.82) is 0 Å². The first-order valence-corrected chi connectivity index (χ1v) is 10.9. The average Bonchev–Trinajstić information content (AvgIpc) is 2.83. The highest BCUT2D eigenvalue weighted by Crippen LogP contribution is 2.13. The SMILES string of the molecule is Cc1ccc(C=CC(=O)NC(=S)NNC(=O)c2ccc(NC(=O)c3ccccc3C)cc2)cc1. The molecule has 0 heterocycles. The second-order valence-corrected chi connectivity index (χ2v) is 7.90. The number of carbonyl (C=O) groups excluding carboxylic acids is 3. The van der Waals surface area contributed by atoms with Crippen molar-refractivity contribution in [2.75, 3.05) is 5.32 Å². The van der Waals surface area contributed by atoms with Crippen molar-refractivity contribution in [1.82, 2.24) is 16.2 Å². The monoisotopic (exact) mass is 472 g/mol. The van der Waals surface area contributed by atoms with Crippen LogP contribution in [0.1, 0.15) is 37.4 Å². The number of thiocarbonyl (C=S) groups is 1. The Morgan fingerprint density at radius 2 is 1.47 bits per heavy atom. The zero-order valence-corrected chi connectivity index (χ0v) is 19.5. The zero-order chi connectivity index (χ0) is 24.5. The number of hydrogen-bond acceptors (Lipinski definition) is 4. The van der Waals surface area contributed by atoms with E-state index in [9.17, 15) is 14.4 Å². The van der Waals surface area contributed by atoms with E-state index in [4.69, 9.17) is 12.2 Å². The summed E-state index contributed by atoms with van der Waals surface area (Å²) < 4.78 is 0. The van der Waals surface area contributed by atoms with Gasteiger partial charge in [-0.05, 0) is 73.6 Å². The van der Waals surface area contributed by atoms with Gasteiger partial charge in [0.15, 0.2) is 5.11 Å². The molecule has 0 saturated heterocycles. The fourth-order valence-corrected chi connectivity index (χ4v) is 3.10. The van der Waals surface area contributed by atoms with Crippen LogP contribution < -0.4 is 21.5 Å². The van der Waals surface area contributed by atoms with E-state index < -0.39 is 11.8 Å². The van der Waals surface area contributed by atoms with Crippen LogP contribution in [-0.2, 0) is 4.79 Å². The van der Waals surface area contributed by atoms with Crippen LogP contribution in [0.25, 0.3) is 6.08 Å². The Balaban J connectivity index is 1.46. The van der Waals surface area contributed by atoms with Gasteiger partial charge in [0.25, 0.3) is 11.8 Å². The van der Waals surface area contributed by atoms with Crippen LogP contribution in [0.3, 0.4) is 0 Å². The molecule has 0 atom stereocenters. The molecule has 8 heteroatoms. The molecule has 0 aliphatic heterocycles. The van der Waals surface area contributed by atoms with Crippen molar-refractivity contribution in [3.8, 4) is 0 Å². The van der Waals surface area contributed by atoms with E-state index in [0.717, 1.165) is 16.7 Å². The molecule has 0 radical (unpaired) electrons. The van der Waals surface area contributed by atoms with E-state index in [1.165, 1.54) is 6.08 Å². The molecular formula is C26H24N4O3S. The van der Waals surface area contributed by atoms with Gasteiger partial charge in [-0.2, -0.15) is 0 Å². The van der Waals surface area contributed by atoms with E-state index in [2.05, 4.69) is 21.5 Å². The average molecular weight is 473 g/mol. The number of carbonyl (C=O) groups is 3. The van der Waals surface area contributed by atoms with Crippen molar-refractivity contribution in [2.24, 2.45) is 0 Å². The minimum absolute atomic E-state index is 0.0472. The molecule has 3 rings (SSSR count). The van der Waals surface area contributed by atoms with Gasteiger partial charge in [0.05, 0.1) is 0 Å². The lowest BCUT2D eigenvalue weighted by atomic mass is 10.1. The number of anilines is 1. The smallest absolute Gasteiger partial charge is 0.269 e. The van der Waals surface area contributed by atoms with Crippen LogP contribution in [0.2, 0.25) is 0 Å². The molecule has 0 aliphatic carbocycles. The first-order chi connectivity index (χ1) is 16.3. The predicted molar refractivity (Wildman–Crippen MR) is 137 cm³/mol. The van der Waals surface area contributed by atoms with Crippen molar-refractivity contribution in [3.05, 3.63) is 107 Å². The first kappa shape index (κ1) is 24.3. The van der Waals surface area contributed by atoms with Crippen LogP contribution >= 0.6 is 12.2 Å². The third-order valence-electron chi connectivity index (χ3n) is 4.83. The number of nitrogens with one attached hydrogen (secondary N) is 4. The summed E-state index contributed by atoms with van der Waals surface area (Å²) >= 11 is 5.03. The minimum Gasteiger partial charge on any atom is -0.322 e. The quantitative estimate of drug-likeness (QED) is 0.256. The summed E-state index contributed by atoms with van der Waals surface area (Å²) in [5.41, 5.74) is 9.27. The third kappa shape index (κ3) is 7.11. The van der Waals surface area contributed by atoms with Gasteiger partial charge in [0.1, 0.15) is 0 Å². The molecule has 0 aliphatic rings. The molecular weight excluding hydrogens is 448 g/mol. The largest absolute Gasteiger partial charge is 0.322 e. The van der Waals surface area contributed by atoms with Gasteiger partial charge in [-0.1, -0.05) is 48.0 Å². The number of benzene rings is 3. The third-order valence-corrected chi connectivity index (χ3v) is 5.03. The van der Waals surface area contributed by atoms with Gasteiger partial charge in [0, 0.05) is 22.9 Å². The second kappa shape index (κ2) is 11.5. The summed E-state index contributed by atoms with van der Waals surface area (Å²) in [4.78, 5) is 36.7. The van der Waals surface area contributed by atoms with Crippen LogP contribution in [0.5, 0.6) is 0 Å². The summed E-state index contributed by atoms with van der Waals surface area (Å²) in [6.07, 6.45) is 3.01. The molecule has 4 N–H and O–H groups in total. The molecule has 34 heavy (non-hydrogen) atoms. The molecule has 0 aromatic heterocycles. The lowest BCUT2D eigenvalue weighted by Gasteiger charge is -2.11. The summed E-state index contributed by atoms with van der Waals surface area (Å²) in [5, 5.41) is 5.21. The highest BCUT2D eigenvalue weighted by atomic mass is 32.1. The number of hydrogen-bond donors (Lipinski definition) is 4. The lowest BCUT2D eigenvalue weighted by Crippen LogP contribution is -2.48. The van der Waals surface area contributed by atoms with E-state index in [-0.39, 0.29) is 11.0 Å². The number of amides is 3. The summed E-state index contributed by atoms with van der Waals surface area (Å²) in [6.45, 7) is 3.85. The molecule has 0 spiro atoms. The molecule has 0 fully saturated rings. The topological polar surface area (TPSA) is 99.3 Å². The molecule has 0 bridgehead atoms. The fraction of sp³-hybridized carbons (Fsp3) is 0.0769. The highest BCUT2D eigenvalue weighted by Gasteiger charge is 2.10. The van der Waals surface area contributed by atoms with E-state index in [1.54, 1.807) is 42.5 Å². The number of hydrazine groups is 1. The fourth-order valence-electron chi connectivity index (χ4n) is 2.95. The Labute approximate surface area is 203 Å². The van der Waals surface area contributed by atoms with E-state index in [0.29, 0.717) is 16.8 Å². The molecule has 0 unspecified atom stereocenters. The van der Waals surface area contributed by atoms with Gasteiger partial charge in [0.2, 0.25) is 5.91 Å². The van der Waals surface area contributed by atoms with Gasteiger partial charge >= 0.3 is 0 Å². The molecule has 0 saturated carbocycles. The van der Waals surface area contributed by atoms with Gasteiger partial charge in [-0.3, -0.25) is 30.6 Å². The Morgan fingerprint density at radius 3 is 2.15 bits per heavy atom. The summed E-state index contributed by atoms with van der Waals surface area (Å²) in [5.74, 6) is -1.11. The molecule has 7 nitrogen and oxygen atoms in total. The Bertz CT molecular complexity index is 1240. The standard InChI is InChI=1S/C26H24N4O3S/c1-17-7-9-19(10-8-17)11-16-23(31)28-26(34)30-29-24(32)20-12-14-21(15-13-20)27-25(33)22-6-4-3-5-18(22)2/h3-16H,1-2H3,(H,27,33)(H,29,32)(H2,28,30,31,34). The number of aryl methyl sites for hydroxylation is 2. The van der Waals surface area contributed by atoms with Gasteiger partial charge in [-0.15, -0.1) is 0 Å². The summed E-state index contributed by atoms with van der Waals surface area (Å²) in [7, 11) is 0. The molecule has 172 valence electrons. The Hall–Kier alpha value is -4.30. The minimum atomic E-state index is -0.455. The Kier molecular flexibility index (Phi) is 8.26. The maximum atomic E-state index is 12.4. The van der Waals surface area contributed by atoms with E-state index in [1.807, 2.05) is 50.2 Å². The molecule has 3 aromatic carbocycles. The summed E-state index contributed by atoms with van der Waals surface area (Å²) in [6, 6.07) is 21.4. The zero-order valence-electron chi connectivity index (χ0n) is 18.7. The predicted octanol–water partition coefficient (Wildman–Crippen LogP) is 3.90. The molecule has 3 amide bonds. The normalized spacial score (nSPS) is 10.4. The van der Waals surface area contributed by atoms with Gasteiger partial charge < -0.3 is 5.32 Å². The van der Waals surface area contributed by atoms with Crippen LogP contribution in [0, 0.1) is 13.8 Å². The van der Waals surface area contributed by atoms with Crippen LogP contribution in [0.4, 0.5) is 5.69 Å². The number of rotatable bonds is 5. The highest BCUT2D eigenvalue weighted by molar-refractivity contribution is 7.80. The van der Waals surface area contributed by atoms with Crippen LogP contribution in [0.15, 0.2) is 78.9 Å². The van der Waals surface area contributed by atoms with Crippen molar-refractivity contribution < 1.29 is 14.4 Å². The van der Waals surface area contributed by atoms with E-state index >= 15 is 0 Å².